The highest BCUT2D eigenvalue weighted by molar-refractivity contribution is 5.08. The Hall–Kier alpha value is -1.13. The molecule has 13 heavy (non-hydrogen) atoms. The van der Waals surface area contributed by atoms with Crippen LogP contribution in [0.1, 0.15) is 5.56 Å². The van der Waals surface area contributed by atoms with Gasteiger partial charge in [0.25, 0.3) is 0 Å². The van der Waals surface area contributed by atoms with Crippen LogP contribution in [0.3, 0.4) is 0 Å². The molecule has 0 aliphatic heterocycles. The van der Waals surface area contributed by atoms with E-state index in [9.17, 15) is 4.79 Å². The van der Waals surface area contributed by atoms with Gasteiger partial charge in [-0.05, 0) is 7.05 Å². The maximum absolute atomic E-state index is 11.3. The molecule has 1 heterocycles. The fourth-order valence-electron chi connectivity index (χ4n) is 1.16. The standard InChI is InChI=1S/C9H15N3O/c1-12(5-3-10)7-8-6-11-4-2-9(8)13/h2,4,6H,3,5,7,10H2,1H3,(H,11,13). The molecule has 0 saturated carbocycles. The molecule has 1 rings (SSSR count). The first-order valence-corrected chi connectivity index (χ1v) is 4.28. The molecule has 72 valence electrons. The SMILES string of the molecule is CN(CCN)Cc1c[nH]ccc1=O. The minimum absolute atomic E-state index is 0.0719. The number of aromatic amines is 1. The van der Waals surface area contributed by atoms with Gasteiger partial charge in [0.1, 0.15) is 0 Å². The zero-order valence-electron chi connectivity index (χ0n) is 7.79. The number of pyridine rings is 1. The lowest BCUT2D eigenvalue weighted by Crippen LogP contribution is -2.27. The summed E-state index contributed by atoms with van der Waals surface area (Å²) in [5, 5.41) is 0. The first-order chi connectivity index (χ1) is 6.24. The van der Waals surface area contributed by atoms with Crippen LogP contribution in [0, 0.1) is 0 Å². The number of rotatable bonds is 4. The van der Waals surface area contributed by atoms with Crippen molar-refractivity contribution in [2.24, 2.45) is 5.73 Å². The number of hydrogen-bond acceptors (Lipinski definition) is 3. The molecule has 1 aromatic heterocycles. The van der Waals surface area contributed by atoms with Crippen molar-refractivity contribution in [3.05, 3.63) is 34.2 Å². The topological polar surface area (TPSA) is 62.1 Å². The van der Waals surface area contributed by atoms with Crippen molar-refractivity contribution in [2.45, 2.75) is 6.54 Å². The molecule has 1 aromatic rings. The molecule has 4 heteroatoms. The normalized spacial score (nSPS) is 10.7. The van der Waals surface area contributed by atoms with Crippen LogP contribution in [0.5, 0.6) is 0 Å². The Morgan fingerprint density at radius 1 is 1.62 bits per heavy atom. The third-order valence-electron chi connectivity index (χ3n) is 1.86. The van der Waals surface area contributed by atoms with E-state index in [0.29, 0.717) is 13.1 Å². The second kappa shape index (κ2) is 4.79. The maximum Gasteiger partial charge on any atom is 0.186 e. The first-order valence-electron chi connectivity index (χ1n) is 4.28. The van der Waals surface area contributed by atoms with E-state index in [1.165, 1.54) is 6.07 Å². The molecule has 0 spiro atoms. The van der Waals surface area contributed by atoms with Gasteiger partial charge < -0.3 is 15.6 Å². The number of nitrogens with two attached hydrogens (primary N) is 1. The summed E-state index contributed by atoms with van der Waals surface area (Å²) in [6, 6.07) is 1.53. The zero-order chi connectivity index (χ0) is 9.68. The Morgan fingerprint density at radius 2 is 2.38 bits per heavy atom. The Bertz CT molecular complexity index is 308. The summed E-state index contributed by atoms with van der Waals surface area (Å²) in [4.78, 5) is 16.2. The highest BCUT2D eigenvalue weighted by atomic mass is 16.1. The van der Waals surface area contributed by atoms with Crippen LogP contribution in [-0.4, -0.2) is 30.0 Å². The van der Waals surface area contributed by atoms with E-state index in [4.69, 9.17) is 5.73 Å². The van der Waals surface area contributed by atoms with Gasteiger partial charge in [-0.3, -0.25) is 4.79 Å². The lowest BCUT2D eigenvalue weighted by atomic mass is 10.2. The van der Waals surface area contributed by atoms with E-state index in [1.54, 1.807) is 12.4 Å². The number of aromatic nitrogens is 1. The first kappa shape index (κ1) is 9.95. The zero-order valence-corrected chi connectivity index (χ0v) is 7.79. The molecule has 0 saturated heterocycles. The third-order valence-corrected chi connectivity index (χ3v) is 1.86. The lowest BCUT2D eigenvalue weighted by molar-refractivity contribution is 0.335. The van der Waals surface area contributed by atoms with E-state index in [-0.39, 0.29) is 5.43 Å². The van der Waals surface area contributed by atoms with Gasteiger partial charge in [0, 0.05) is 43.7 Å². The summed E-state index contributed by atoms with van der Waals surface area (Å²) in [5.74, 6) is 0. The molecule has 0 aromatic carbocycles. The Kier molecular flexibility index (Phi) is 3.67. The summed E-state index contributed by atoms with van der Waals surface area (Å²) in [6.07, 6.45) is 3.37. The maximum atomic E-state index is 11.3. The molecular formula is C9H15N3O. The van der Waals surface area contributed by atoms with Crippen molar-refractivity contribution in [1.82, 2.24) is 9.88 Å². The number of hydrogen-bond donors (Lipinski definition) is 2. The fourth-order valence-corrected chi connectivity index (χ4v) is 1.16. The summed E-state index contributed by atoms with van der Waals surface area (Å²) in [5.41, 5.74) is 6.24. The van der Waals surface area contributed by atoms with Gasteiger partial charge in [0.15, 0.2) is 5.43 Å². The fraction of sp³-hybridized carbons (Fsp3) is 0.444. The predicted molar refractivity (Wildman–Crippen MR) is 52.5 cm³/mol. The van der Waals surface area contributed by atoms with Gasteiger partial charge in [0.2, 0.25) is 0 Å². The van der Waals surface area contributed by atoms with E-state index in [1.807, 2.05) is 11.9 Å². The van der Waals surface area contributed by atoms with Crippen LogP contribution >= 0.6 is 0 Å². The van der Waals surface area contributed by atoms with Gasteiger partial charge in [-0.2, -0.15) is 0 Å². The van der Waals surface area contributed by atoms with Gasteiger partial charge in [-0.15, -0.1) is 0 Å². The van der Waals surface area contributed by atoms with Crippen LogP contribution in [0.2, 0.25) is 0 Å². The molecule has 0 aliphatic carbocycles. The smallest absolute Gasteiger partial charge is 0.186 e. The molecule has 3 N–H and O–H groups in total. The average Bonchev–Trinajstić information content (AvgIpc) is 2.09. The number of nitrogens with one attached hydrogen (secondary N) is 1. The number of H-pyrrole nitrogens is 1. The molecule has 0 atom stereocenters. The molecule has 0 amide bonds. The Labute approximate surface area is 77.4 Å². The summed E-state index contributed by atoms with van der Waals surface area (Å²) >= 11 is 0. The van der Waals surface area contributed by atoms with Crippen molar-refractivity contribution >= 4 is 0 Å². The summed E-state index contributed by atoms with van der Waals surface area (Å²) in [7, 11) is 1.94. The van der Waals surface area contributed by atoms with Crippen LogP contribution in [-0.2, 0) is 6.54 Å². The molecule has 4 nitrogen and oxygen atoms in total. The second-order valence-corrected chi connectivity index (χ2v) is 3.06. The highest BCUT2D eigenvalue weighted by Gasteiger charge is 2.01. The van der Waals surface area contributed by atoms with E-state index >= 15 is 0 Å². The van der Waals surface area contributed by atoms with Crippen molar-refractivity contribution in [3.63, 3.8) is 0 Å². The quantitative estimate of drug-likeness (QED) is 0.674. The minimum Gasteiger partial charge on any atom is -0.367 e. The minimum atomic E-state index is 0.0719. The van der Waals surface area contributed by atoms with E-state index in [2.05, 4.69) is 4.98 Å². The molecule has 0 fully saturated rings. The monoisotopic (exact) mass is 181 g/mol. The van der Waals surface area contributed by atoms with Crippen LogP contribution in [0.25, 0.3) is 0 Å². The van der Waals surface area contributed by atoms with Gasteiger partial charge in [-0.1, -0.05) is 0 Å². The molecular weight excluding hydrogens is 166 g/mol. The second-order valence-electron chi connectivity index (χ2n) is 3.06. The van der Waals surface area contributed by atoms with Gasteiger partial charge in [0.05, 0.1) is 0 Å². The van der Waals surface area contributed by atoms with Crippen LogP contribution in [0.4, 0.5) is 0 Å². The van der Waals surface area contributed by atoms with E-state index in [0.717, 1.165) is 12.1 Å². The highest BCUT2D eigenvalue weighted by Crippen LogP contribution is 1.93. The van der Waals surface area contributed by atoms with Crippen molar-refractivity contribution in [1.29, 1.82) is 0 Å². The van der Waals surface area contributed by atoms with Gasteiger partial charge >= 0.3 is 0 Å². The largest absolute Gasteiger partial charge is 0.367 e. The molecule has 0 unspecified atom stereocenters. The van der Waals surface area contributed by atoms with Crippen molar-refractivity contribution in [3.8, 4) is 0 Å². The van der Waals surface area contributed by atoms with Crippen molar-refractivity contribution in [2.75, 3.05) is 20.1 Å². The summed E-state index contributed by atoms with van der Waals surface area (Å²) in [6.45, 7) is 2.06. The average molecular weight is 181 g/mol. The predicted octanol–water partition coefficient (Wildman–Crippen LogP) is -0.235. The Balaban J connectivity index is 2.63. The van der Waals surface area contributed by atoms with Crippen molar-refractivity contribution < 1.29 is 0 Å². The van der Waals surface area contributed by atoms with Gasteiger partial charge in [-0.25, -0.2) is 0 Å². The van der Waals surface area contributed by atoms with Crippen LogP contribution in [0.15, 0.2) is 23.3 Å². The van der Waals surface area contributed by atoms with E-state index < -0.39 is 0 Å². The number of likely N-dealkylation sites (N-methyl/N-ethyl adjacent to an activating group) is 1. The third kappa shape index (κ3) is 3.01. The Morgan fingerprint density at radius 3 is 3.00 bits per heavy atom. The number of nitrogens with zero attached hydrogens (tertiary/aromatic N) is 1. The molecule has 0 bridgehead atoms. The molecule has 0 aliphatic rings. The lowest BCUT2D eigenvalue weighted by Gasteiger charge is -2.14. The summed E-state index contributed by atoms with van der Waals surface area (Å²) < 4.78 is 0. The molecule has 0 radical (unpaired) electrons. The van der Waals surface area contributed by atoms with Crippen LogP contribution < -0.4 is 11.2 Å².